The third kappa shape index (κ3) is 9.52. The molecule has 1 fully saturated rings. The number of guanidine groups is 1. The molecular weight excluding hydrogens is 401 g/mol. The summed E-state index contributed by atoms with van der Waals surface area (Å²) in [4.78, 5) is 18.7. The highest BCUT2D eigenvalue weighted by Crippen LogP contribution is 2.23. The summed E-state index contributed by atoms with van der Waals surface area (Å²) in [5, 5.41) is 9.13. The molecule has 1 amide bonds. The number of aliphatic imine (C=N–C) groups is 1. The number of carbonyl (C=O) groups excluding carboxylic acids is 1. The van der Waals surface area contributed by atoms with Crippen molar-refractivity contribution in [3.05, 3.63) is 35.6 Å². The van der Waals surface area contributed by atoms with Gasteiger partial charge in [0.1, 0.15) is 11.4 Å². The Labute approximate surface area is 184 Å². The molecule has 9 heteroatoms. The fourth-order valence-electron chi connectivity index (χ4n) is 3.21. The Morgan fingerprint density at radius 2 is 1.94 bits per heavy atom. The third-order valence-electron chi connectivity index (χ3n) is 4.57. The van der Waals surface area contributed by atoms with Crippen molar-refractivity contribution in [1.29, 1.82) is 0 Å². The fraction of sp³-hybridized carbons (Fsp3) is 0.636. The standard InChI is InChI=1S/C22H36FN5O3/c1-5-24-20(25-9-10-26-21(29)31-22(2,3)4)27-16-19(28-11-13-30-14-12-28)17-7-6-8-18(23)15-17/h6-8,15,19H,5,9-14,16H2,1-4H3,(H,26,29)(H2,24,25,27). The maximum absolute atomic E-state index is 13.8. The number of morpholine rings is 1. The van der Waals surface area contributed by atoms with Crippen LogP contribution in [0.2, 0.25) is 0 Å². The van der Waals surface area contributed by atoms with E-state index in [1.807, 2.05) is 33.8 Å². The molecule has 0 radical (unpaired) electrons. The Balaban J connectivity index is 1.96. The first-order valence-corrected chi connectivity index (χ1v) is 10.8. The van der Waals surface area contributed by atoms with E-state index in [0.717, 1.165) is 18.7 Å². The van der Waals surface area contributed by atoms with Crippen LogP contribution in [-0.4, -0.2) is 75.0 Å². The van der Waals surface area contributed by atoms with Gasteiger partial charge in [0.05, 0.1) is 25.8 Å². The third-order valence-corrected chi connectivity index (χ3v) is 4.57. The van der Waals surface area contributed by atoms with E-state index in [4.69, 9.17) is 14.5 Å². The molecule has 0 saturated carbocycles. The van der Waals surface area contributed by atoms with Crippen molar-refractivity contribution in [3.63, 3.8) is 0 Å². The first-order chi connectivity index (χ1) is 14.8. The minimum absolute atomic E-state index is 0.0463. The van der Waals surface area contributed by atoms with Crippen molar-refractivity contribution in [3.8, 4) is 0 Å². The Morgan fingerprint density at radius 3 is 2.58 bits per heavy atom. The quantitative estimate of drug-likeness (QED) is 0.329. The van der Waals surface area contributed by atoms with Gasteiger partial charge in [-0.25, -0.2) is 9.18 Å². The van der Waals surface area contributed by atoms with Gasteiger partial charge in [0.25, 0.3) is 0 Å². The molecule has 1 aromatic carbocycles. The van der Waals surface area contributed by atoms with Crippen LogP contribution in [0.1, 0.15) is 39.3 Å². The molecule has 8 nitrogen and oxygen atoms in total. The minimum atomic E-state index is -0.528. The average molecular weight is 438 g/mol. The van der Waals surface area contributed by atoms with Gasteiger partial charge in [-0.3, -0.25) is 9.89 Å². The Hall–Kier alpha value is -2.39. The van der Waals surface area contributed by atoms with Crippen molar-refractivity contribution >= 4 is 12.1 Å². The second-order valence-corrected chi connectivity index (χ2v) is 8.29. The smallest absolute Gasteiger partial charge is 0.407 e. The van der Waals surface area contributed by atoms with Gasteiger partial charge in [0.15, 0.2) is 5.96 Å². The van der Waals surface area contributed by atoms with Gasteiger partial charge in [-0.1, -0.05) is 12.1 Å². The van der Waals surface area contributed by atoms with Gasteiger partial charge < -0.3 is 25.4 Å². The molecule has 3 N–H and O–H groups in total. The van der Waals surface area contributed by atoms with Crippen LogP contribution in [0.4, 0.5) is 9.18 Å². The van der Waals surface area contributed by atoms with Gasteiger partial charge in [-0.05, 0) is 45.4 Å². The fourth-order valence-corrected chi connectivity index (χ4v) is 3.21. The lowest BCUT2D eigenvalue weighted by atomic mass is 10.0. The summed E-state index contributed by atoms with van der Waals surface area (Å²) in [6, 6.07) is 6.64. The number of amides is 1. The molecule has 1 aromatic rings. The highest BCUT2D eigenvalue weighted by molar-refractivity contribution is 5.79. The molecule has 1 saturated heterocycles. The second-order valence-electron chi connectivity index (χ2n) is 8.29. The number of hydrogen-bond acceptors (Lipinski definition) is 5. The largest absolute Gasteiger partial charge is 0.444 e. The first-order valence-electron chi connectivity index (χ1n) is 10.8. The topological polar surface area (TPSA) is 87.2 Å². The van der Waals surface area contributed by atoms with Crippen LogP contribution in [0, 0.1) is 5.82 Å². The average Bonchev–Trinajstić information content (AvgIpc) is 2.71. The molecule has 1 aliphatic rings. The summed E-state index contributed by atoms with van der Waals surface area (Å²) in [5.41, 5.74) is 0.368. The predicted molar refractivity (Wildman–Crippen MR) is 120 cm³/mol. The molecule has 0 spiro atoms. The number of hydrogen-bond donors (Lipinski definition) is 3. The number of rotatable bonds is 8. The van der Waals surface area contributed by atoms with Gasteiger partial charge in [-0.15, -0.1) is 0 Å². The van der Waals surface area contributed by atoms with Gasteiger partial charge >= 0.3 is 6.09 Å². The molecule has 2 rings (SSSR count). The number of carbonyl (C=O) groups is 1. The SMILES string of the molecule is CCNC(=NCC(c1cccc(F)c1)N1CCOCC1)NCCNC(=O)OC(C)(C)C. The predicted octanol–water partition coefficient (Wildman–Crippen LogP) is 2.28. The summed E-state index contributed by atoms with van der Waals surface area (Å²) >= 11 is 0. The highest BCUT2D eigenvalue weighted by atomic mass is 19.1. The van der Waals surface area contributed by atoms with Crippen molar-refractivity contribution in [2.45, 2.75) is 39.3 Å². The summed E-state index contributed by atoms with van der Waals surface area (Å²) < 4.78 is 24.5. The van der Waals surface area contributed by atoms with E-state index < -0.39 is 11.7 Å². The van der Waals surface area contributed by atoms with Crippen molar-refractivity contribution in [2.75, 3.05) is 52.5 Å². The van der Waals surface area contributed by atoms with E-state index in [0.29, 0.717) is 45.4 Å². The molecule has 0 bridgehead atoms. The van der Waals surface area contributed by atoms with E-state index in [1.54, 1.807) is 12.1 Å². The molecular formula is C22H36FN5O3. The van der Waals surface area contributed by atoms with Crippen LogP contribution < -0.4 is 16.0 Å². The van der Waals surface area contributed by atoms with Crippen LogP contribution in [0.25, 0.3) is 0 Å². The molecule has 31 heavy (non-hydrogen) atoms. The normalized spacial score (nSPS) is 16.5. The molecule has 1 atom stereocenters. The Morgan fingerprint density at radius 1 is 1.23 bits per heavy atom. The highest BCUT2D eigenvalue weighted by Gasteiger charge is 2.23. The molecule has 1 aliphatic heterocycles. The zero-order valence-electron chi connectivity index (χ0n) is 19.0. The lowest BCUT2D eigenvalue weighted by Gasteiger charge is -2.34. The monoisotopic (exact) mass is 437 g/mol. The summed E-state index contributed by atoms with van der Waals surface area (Å²) in [6.45, 7) is 12.4. The van der Waals surface area contributed by atoms with E-state index >= 15 is 0 Å². The van der Waals surface area contributed by atoms with E-state index in [2.05, 4.69) is 20.9 Å². The number of halogens is 1. The molecule has 1 heterocycles. The molecule has 1 unspecified atom stereocenters. The maximum atomic E-state index is 13.8. The van der Waals surface area contributed by atoms with E-state index in [9.17, 15) is 9.18 Å². The van der Waals surface area contributed by atoms with Crippen LogP contribution in [0.5, 0.6) is 0 Å². The first kappa shape index (κ1) is 24.9. The Kier molecular flexibility index (Phi) is 10.00. The lowest BCUT2D eigenvalue weighted by Crippen LogP contribution is -2.43. The van der Waals surface area contributed by atoms with Crippen LogP contribution in [0.3, 0.4) is 0 Å². The summed E-state index contributed by atoms with van der Waals surface area (Å²) in [7, 11) is 0. The summed E-state index contributed by atoms with van der Waals surface area (Å²) in [5.74, 6) is 0.390. The van der Waals surface area contributed by atoms with Crippen LogP contribution in [0.15, 0.2) is 29.3 Å². The second kappa shape index (κ2) is 12.5. The maximum Gasteiger partial charge on any atom is 0.407 e. The molecule has 174 valence electrons. The number of nitrogens with zero attached hydrogens (tertiary/aromatic N) is 2. The van der Waals surface area contributed by atoms with E-state index in [1.165, 1.54) is 6.07 Å². The van der Waals surface area contributed by atoms with Gasteiger partial charge in [0.2, 0.25) is 0 Å². The zero-order chi connectivity index (χ0) is 22.7. The number of benzene rings is 1. The van der Waals surface area contributed by atoms with Crippen molar-refractivity contribution < 1.29 is 18.7 Å². The van der Waals surface area contributed by atoms with Gasteiger partial charge in [-0.2, -0.15) is 0 Å². The van der Waals surface area contributed by atoms with Crippen molar-refractivity contribution in [2.24, 2.45) is 4.99 Å². The van der Waals surface area contributed by atoms with Crippen LogP contribution in [-0.2, 0) is 9.47 Å². The van der Waals surface area contributed by atoms with E-state index in [-0.39, 0.29) is 11.9 Å². The van der Waals surface area contributed by atoms with Crippen LogP contribution >= 0.6 is 0 Å². The molecule has 0 aliphatic carbocycles. The summed E-state index contributed by atoms with van der Waals surface area (Å²) in [6.07, 6.45) is -0.449. The van der Waals surface area contributed by atoms with Gasteiger partial charge in [0, 0.05) is 32.7 Å². The Bertz CT molecular complexity index is 717. The lowest BCUT2D eigenvalue weighted by molar-refractivity contribution is 0.0179. The minimum Gasteiger partial charge on any atom is -0.444 e. The number of alkyl carbamates (subject to hydrolysis) is 1. The zero-order valence-corrected chi connectivity index (χ0v) is 19.0. The number of ether oxygens (including phenoxy) is 2. The van der Waals surface area contributed by atoms with Crippen molar-refractivity contribution in [1.82, 2.24) is 20.9 Å². The number of nitrogens with one attached hydrogen (secondary N) is 3. The molecule has 0 aromatic heterocycles.